The van der Waals surface area contributed by atoms with Crippen LogP contribution in [0.4, 0.5) is 0 Å². The summed E-state index contributed by atoms with van der Waals surface area (Å²) >= 11 is 0. The number of primary amides is 1. The molecule has 8 nitrogen and oxygen atoms in total. The number of rotatable bonds is 5. The normalized spacial score (nSPS) is 25.6. The first-order chi connectivity index (χ1) is 11.6. The number of aromatic nitrogens is 2. The van der Waals surface area contributed by atoms with Crippen LogP contribution in [0.25, 0.3) is 0 Å². The summed E-state index contributed by atoms with van der Waals surface area (Å²) in [6, 6.07) is 1.43. The highest BCUT2D eigenvalue weighted by Crippen LogP contribution is 2.17. The molecule has 0 aliphatic carbocycles. The number of likely N-dealkylation sites (tertiary alicyclic amines) is 1. The lowest BCUT2D eigenvalue weighted by Crippen LogP contribution is -2.55. The Morgan fingerprint density at radius 2 is 2.17 bits per heavy atom. The Labute approximate surface area is 141 Å². The first-order valence-electron chi connectivity index (χ1n) is 8.53. The SMILES string of the molecule is NC(=O)C1CCCCN1C(=O)CN1CCOC(Cn2cccn2)C1. The van der Waals surface area contributed by atoms with E-state index < -0.39 is 11.9 Å². The molecule has 8 heteroatoms. The van der Waals surface area contributed by atoms with Gasteiger partial charge in [0.1, 0.15) is 6.04 Å². The number of carbonyl (C=O) groups excluding carboxylic acids is 2. The minimum atomic E-state index is -0.452. The topological polar surface area (TPSA) is 93.7 Å². The van der Waals surface area contributed by atoms with Crippen LogP contribution < -0.4 is 5.73 Å². The number of carbonyl (C=O) groups is 2. The zero-order chi connectivity index (χ0) is 16.9. The Bertz CT molecular complexity index is 562. The molecule has 1 aromatic heterocycles. The summed E-state index contributed by atoms with van der Waals surface area (Å²) in [5.41, 5.74) is 5.45. The van der Waals surface area contributed by atoms with Crippen molar-refractivity contribution in [3.63, 3.8) is 0 Å². The average molecular weight is 335 g/mol. The summed E-state index contributed by atoms with van der Waals surface area (Å²) < 4.78 is 7.60. The molecule has 132 valence electrons. The Hall–Kier alpha value is -1.93. The summed E-state index contributed by atoms with van der Waals surface area (Å²) in [7, 11) is 0. The molecule has 0 saturated carbocycles. The van der Waals surface area contributed by atoms with Crippen molar-refractivity contribution in [3.8, 4) is 0 Å². The fraction of sp³-hybridized carbons (Fsp3) is 0.688. The second-order valence-corrected chi connectivity index (χ2v) is 6.46. The maximum atomic E-state index is 12.6. The standard InChI is InChI=1S/C16H25N5O3/c17-16(23)14-4-1-2-7-21(14)15(22)12-19-8-9-24-13(10-19)11-20-6-3-5-18-20/h3,5-6,13-14H,1-2,4,7-12H2,(H2,17,23). The van der Waals surface area contributed by atoms with Crippen LogP contribution in [-0.2, 0) is 20.9 Å². The van der Waals surface area contributed by atoms with Crippen molar-refractivity contribution in [1.82, 2.24) is 19.6 Å². The largest absolute Gasteiger partial charge is 0.374 e. The second-order valence-electron chi connectivity index (χ2n) is 6.46. The van der Waals surface area contributed by atoms with E-state index in [2.05, 4.69) is 10.00 Å². The Morgan fingerprint density at radius 3 is 2.92 bits per heavy atom. The number of morpholine rings is 1. The number of nitrogens with zero attached hydrogens (tertiary/aromatic N) is 4. The fourth-order valence-electron chi connectivity index (χ4n) is 3.46. The summed E-state index contributed by atoms with van der Waals surface area (Å²) in [6.07, 6.45) is 6.20. The van der Waals surface area contributed by atoms with Crippen LogP contribution in [0.5, 0.6) is 0 Å². The number of piperidine rings is 1. The van der Waals surface area contributed by atoms with E-state index in [1.54, 1.807) is 11.1 Å². The van der Waals surface area contributed by atoms with E-state index in [1.165, 1.54) is 0 Å². The van der Waals surface area contributed by atoms with Gasteiger partial charge < -0.3 is 15.4 Å². The van der Waals surface area contributed by atoms with Crippen molar-refractivity contribution in [2.24, 2.45) is 5.73 Å². The van der Waals surface area contributed by atoms with Crippen molar-refractivity contribution in [3.05, 3.63) is 18.5 Å². The van der Waals surface area contributed by atoms with E-state index in [-0.39, 0.29) is 12.0 Å². The average Bonchev–Trinajstić information content (AvgIpc) is 3.08. The molecule has 2 amide bonds. The molecule has 1 aromatic rings. The van der Waals surface area contributed by atoms with Crippen molar-refractivity contribution in [1.29, 1.82) is 0 Å². The number of hydrogen-bond donors (Lipinski definition) is 1. The van der Waals surface area contributed by atoms with E-state index in [0.29, 0.717) is 39.2 Å². The molecule has 3 rings (SSSR count). The summed E-state index contributed by atoms with van der Waals surface area (Å²) in [5.74, 6) is -0.417. The summed E-state index contributed by atoms with van der Waals surface area (Å²) in [6.45, 7) is 3.59. The molecule has 2 atom stereocenters. The highest BCUT2D eigenvalue weighted by Gasteiger charge is 2.32. The lowest BCUT2D eigenvalue weighted by molar-refractivity contribution is -0.143. The third kappa shape index (κ3) is 4.12. The molecular weight excluding hydrogens is 310 g/mol. The molecule has 0 aromatic carbocycles. The third-order valence-electron chi connectivity index (χ3n) is 4.68. The number of hydrogen-bond acceptors (Lipinski definition) is 5. The highest BCUT2D eigenvalue weighted by atomic mass is 16.5. The smallest absolute Gasteiger partial charge is 0.240 e. The predicted molar refractivity (Wildman–Crippen MR) is 87.0 cm³/mol. The van der Waals surface area contributed by atoms with E-state index in [0.717, 1.165) is 19.4 Å². The predicted octanol–water partition coefficient (Wildman–Crippen LogP) is -0.550. The Balaban J connectivity index is 1.54. The van der Waals surface area contributed by atoms with Gasteiger partial charge in [0.15, 0.2) is 0 Å². The Morgan fingerprint density at radius 1 is 1.29 bits per heavy atom. The van der Waals surface area contributed by atoms with Crippen molar-refractivity contribution in [2.45, 2.75) is 38.0 Å². The molecule has 0 bridgehead atoms. The number of nitrogens with two attached hydrogens (primary N) is 1. The van der Waals surface area contributed by atoms with Crippen LogP contribution in [0.1, 0.15) is 19.3 Å². The third-order valence-corrected chi connectivity index (χ3v) is 4.68. The molecular formula is C16H25N5O3. The molecule has 0 radical (unpaired) electrons. The minimum Gasteiger partial charge on any atom is -0.374 e. The van der Waals surface area contributed by atoms with Gasteiger partial charge in [0.2, 0.25) is 11.8 Å². The van der Waals surface area contributed by atoms with Gasteiger partial charge in [-0.2, -0.15) is 5.10 Å². The highest BCUT2D eigenvalue weighted by molar-refractivity contribution is 5.87. The Kier molecular flexibility index (Phi) is 5.47. The van der Waals surface area contributed by atoms with Gasteiger partial charge in [-0.05, 0) is 25.3 Å². The van der Waals surface area contributed by atoms with Gasteiger partial charge in [-0.1, -0.05) is 0 Å². The van der Waals surface area contributed by atoms with Gasteiger partial charge in [-0.25, -0.2) is 0 Å². The van der Waals surface area contributed by atoms with Gasteiger partial charge in [0.05, 0.1) is 25.8 Å². The van der Waals surface area contributed by atoms with E-state index in [1.807, 2.05) is 16.9 Å². The number of amides is 2. The first kappa shape index (κ1) is 16.9. The summed E-state index contributed by atoms with van der Waals surface area (Å²) in [5, 5.41) is 4.19. The first-order valence-corrected chi connectivity index (χ1v) is 8.53. The summed E-state index contributed by atoms with van der Waals surface area (Å²) in [4.78, 5) is 27.9. The van der Waals surface area contributed by atoms with E-state index in [9.17, 15) is 9.59 Å². The van der Waals surface area contributed by atoms with Crippen LogP contribution in [0.2, 0.25) is 0 Å². The molecule has 2 saturated heterocycles. The molecule has 0 spiro atoms. The van der Waals surface area contributed by atoms with Crippen LogP contribution in [0.15, 0.2) is 18.5 Å². The molecule has 2 unspecified atom stereocenters. The lowest BCUT2D eigenvalue weighted by Gasteiger charge is -2.37. The van der Waals surface area contributed by atoms with E-state index >= 15 is 0 Å². The van der Waals surface area contributed by atoms with Gasteiger partial charge >= 0.3 is 0 Å². The lowest BCUT2D eigenvalue weighted by atomic mass is 10.0. The molecule has 2 N–H and O–H groups in total. The van der Waals surface area contributed by atoms with Gasteiger partial charge in [0, 0.05) is 32.0 Å². The molecule has 2 aliphatic rings. The van der Waals surface area contributed by atoms with Gasteiger partial charge in [0.25, 0.3) is 0 Å². The maximum absolute atomic E-state index is 12.6. The quantitative estimate of drug-likeness (QED) is 0.779. The monoisotopic (exact) mass is 335 g/mol. The zero-order valence-electron chi connectivity index (χ0n) is 13.8. The van der Waals surface area contributed by atoms with Crippen molar-refractivity contribution < 1.29 is 14.3 Å². The minimum absolute atomic E-state index is 0.0137. The number of ether oxygens (including phenoxy) is 1. The van der Waals surface area contributed by atoms with Gasteiger partial charge in [-0.3, -0.25) is 19.2 Å². The van der Waals surface area contributed by atoms with Gasteiger partial charge in [-0.15, -0.1) is 0 Å². The molecule has 2 fully saturated rings. The molecule has 2 aliphatic heterocycles. The molecule has 24 heavy (non-hydrogen) atoms. The van der Waals surface area contributed by atoms with Crippen LogP contribution in [-0.4, -0.2) is 76.3 Å². The second kappa shape index (κ2) is 7.76. The van der Waals surface area contributed by atoms with Crippen LogP contribution in [0, 0.1) is 0 Å². The molecule has 3 heterocycles. The van der Waals surface area contributed by atoms with Crippen molar-refractivity contribution >= 4 is 11.8 Å². The van der Waals surface area contributed by atoms with Crippen molar-refractivity contribution in [2.75, 3.05) is 32.8 Å². The fourth-order valence-corrected chi connectivity index (χ4v) is 3.46. The van der Waals surface area contributed by atoms with Crippen LogP contribution >= 0.6 is 0 Å². The maximum Gasteiger partial charge on any atom is 0.240 e. The van der Waals surface area contributed by atoms with E-state index in [4.69, 9.17) is 10.5 Å². The zero-order valence-corrected chi connectivity index (χ0v) is 13.8. The van der Waals surface area contributed by atoms with Crippen LogP contribution in [0.3, 0.4) is 0 Å².